The molecule has 7 nitrogen and oxygen atoms in total. The van der Waals surface area contributed by atoms with Crippen LogP contribution in [0.15, 0.2) is 33.4 Å². The Morgan fingerprint density at radius 3 is 3.19 bits per heavy atom. The van der Waals surface area contributed by atoms with Crippen LogP contribution in [-0.2, 0) is 11.3 Å². The van der Waals surface area contributed by atoms with E-state index < -0.39 is 0 Å². The molecule has 0 bridgehead atoms. The fourth-order valence-electron chi connectivity index (χ4n) is 3.06. The number of imidazole rings is 1. The lowest BCUT2D eigenvalue weighted by Crippen LogP contribution is -2.18. The summed E-state index contributed by atoms with van der Waals surface area (Å²) in [6.07, 6.45) is 3.44. The molecule has 2 N–H and O–H groups in total. The molecule has 1 atom stereocenters. The van der Waals surface area contributed by atoms with Gasteiger partial charge in [-0.2, -0.15) is 0 Å². The standard InChI is InChI=1S/C17H21N5O2S2/c23-16-19-13-6-1-2-7-14(13)22(16)8-4-10-25-17-21-20-15(26-17)18-11-12-5-3-9-24-12/h1-2,6-7,12H,3-5,8-11H2,(H,18,20)(H,19,23). The van der Waals surface area contributed by atoms with Gasteiger partial charge in [0.1, 0.15) is 0 Å². The minimum Gasteiger partial charge on any atom is -0.376 e. The minimum absolute atomic E-state index is 0.0484. The first-order chi connectivity index (χ1) is 12.8. The molecule has 26 heavy (non-hydrogen) atoms. The number of hydrogen-bond acceptors (Lipinski definition) is 7. The number of rotatable bonds is 8. The van der Waals surface area contributed by atoms with Crippen molar-refractivity contribution in [1.82, 2.24) is 19.7 Å². The van der Waals surface area contributed by atoms with E-state index in [-0.39, 0.29) is 5.69 Å². The van der Waals surface area contributed by atoms with Crippen LogP contribution in [-0.4, -0.2) is 44.8 Å². The van der Waals surface area contributed by atoms with E-state index in [9.17, 15) is 4.79 Å². The van der Waals surface area contributed by atoms with Gasteiger partial charge in [-0.05, 0) is 31.4 Å². The Morgan fingerprint density at radius 1 is 1.38 bits per heavy atom. The summed E-state index contributed by atoms with van der Waals surface area (Å²) in [5.41, 5.74) is 1.79. The van der Waals surface area contributed by atoms with E-state index in [1.807, 2.05) is 24.3 Å². The van der Waals surface area contributed by atoms with Crippen molar-refractivity contribution in [2.24, 2.45) is 0 Å². The number of hydrogen-bond donors (Lipinski definition) is 2. The van der Waals surface area contributed by atoms with E-state index in [0.717, 1.165) is 58.7 Å². The largest absolute Gasteiger partial charge is 0.376 e. The molecule has 138 valence electrons. The fraction of sp³-hybridized carbons (Fsp3) is 0.471. The van der Waals surface area contributed by atoms with Gasteiger partial charge in [-0.3, -0.25) is 4.57 Å². The van der Waals surface area contributed by atoms with Gasteiger partial charge in [0.15, 0.2) is 4.34 Å². The molecular formula is C17H21N5O2S2. The number of ether oxygens (including phenoxy) is 1. The SMILES string of the molecule is O=c1[nH]c2ccccc2n1CCCSc1nnc(NCC2CCCO2)s1. The highest BCUT2D eigenvalue weighted by Gasteiger charge is 2.15. The van der Waals surface area contributed by atoms with Crippen LogP contribution in [0.2, 0.25) is 0 Å². The number of aromatic nitrogens is 4. The summed E-state index contributed by atoms with van der Waals surface area (Å²) >= 11 is 3.25. The first-order valence-corrected chi connectivity index (χ1v) is 10.6. The van der Waals surface area contributed by atoms with Gasteiger partial charge in [-0.1, -0.05) is 35.2 Å². The van der Waals surface area contributed by atoms with Gasteiger partial charge in [0, 0.05) is 25.4 Å². The third-order valence-electron chi connectivity index (χ3n) is 4.34. The van der Waals surface area contributed by atoms with Crippen molar-refractivity contribution in [3.8, 4) is 0 Å². The fourth-order valence-corrected chi connectivity index (χ4v) is 4.81. The Morgan fingerprint density at radius 2 is 2.31 bits per heavy atom. The zero-order valence-corrected chi connectivity index (χ0v) is 15.9. The number of benzene rings is 1. The van der Waals surface area contributed by atoms with Crippen molar-refractivity contribution in [3.05, 3.63) is 34.7 Å². The topological polar surface area (TPSA) is 84.8 Å². The van der Waals surface area contributed by atoms with E-state index in [4.69, 9.17) is 4.74 Å². The summed E-state index contributed by atoms with van der Waals surface area (Å²) in [4.78, 5) is 14.9. The van der Waals surface area contributed by atoms with Crippen LogP contribution in [0, 0.1) is 0 Å². The lowest BCUT2D eigenvalue weighted by atomic mass is 10.2. The van der Waals surface area contributed by atoms with Crippen LogP contribution in [0.25, 0.3) is 11.0 Å². The Bertz CT molecular complexity index is 913. The minimum atomic E-state index is -0.0484. The Labute approximate surface area is 159 Å². The van der Waals surface area contributed by atoms with Crippen LogP contribution < -0.4 is 11.0 Å². The van der Waals surface area contributed by atoms with Crippen molar-refractivity contribution in [1.29, 1.82) is 0 Å². The Hall–Kier alpha value is -1.84. The summed E-state index contributed by atoms with van der Waals surface area (Å²) in [7, 11) is 0. The van der Waals surface area contributed by atoms with Gasteiger partial charge in [-0.25, -0.2) is 4.79 Å². The van der Waals surface area contributed by atoms with Crippen molar-refractivity contribution in [2.75, 3.05) is 24.2 Å². The maximum atomic E-state index is 12.0. The number of para-hydroxylation sites is 2. The molecule has 1 aliphatic rings. The highest BCUT2D eigenvalue weighted by atomic mass is 32.2. The quantitative estimate of drug-likeness (QED) is 0.454. The molecule has 4 rings (SSSR count). The average Bonchev–Trinajstić information content (AvgIpc) is 3.38. The third-order valence-corrected chi connectivity index (χ3v) is 6.45. The van der Waals surface area contributed by atoms with Gasteiger partial charge in [0.2, 0.25) is 5.13 Å². The number of H-pyrrole nitrogens is 1. The van der Waals surface area contributed by atoms with Crippen LogP contribution >= 0.6 is 23.1 Å². The number of fused-ring (bicyclic) bond motifs is 1. The zero-order chi connectivity index (χ0) is 17.8. The summed E-state index contributed by atoms with van der Waals surface area (Å²) in [6, 6.07) is 7.77. The van der Waals surface area contributed by atoms with E-state index >= 15 is 0 Å². The molecular weight excluding hydrogens is 370 g/mol. The maximum Gasteiger partial charge on any atom is 0.326 e. The van der Waals surface area contributed by atoms with Gasteiger partial charge in [-0.15, -0.1) is 10.2 Å². The highest BCUT2D eigenvalue weighted by Crippen LogP contribution is 2.26. The number of nitrogens with zero attached hydrogens (tertiary/aromatic N) is 3. The highest BCUT2D eigenvalue weighted by molar-refractivity contribution is 8.01. The van der Waals surface area contributed by atoms with Crippen molar-refractivity contribution in [3.63, 3.8) is 0 Å². The summed E-state index contributed by atoms with van der Waals surface area (Å²) in [5, 5.41) is 12.5. The lowest BCUT2D eigenvalue weighted by Gasteiger charge is -2.08. The van der Waals surface area contributed by atoms with E-state index in [1.165, 1.54) is 0 Å². The van der Waals surface area contributed by atoms with E-state index in [1.54, 1.807) is 27.7 Å². The summed E-state index contributed by atoms with van der Waals surface area (Å²) in [6.45, 7) is 2.35. The maximum absolute atomic E-state index is 12.0. The molecule has 0 amide bonds. The second kappa shape index (κ2) is 8.24. The van der Waals surface area contributed by atoms with Crippen LogP contribution in [0.4, 0.5) is 5.13 Å². The molecule has 2 aromatic heterocycles. The van der Waals surface area contributed by atoms with Crippen molar-refractivity contribution in [2.45, 2.75) is 36.3 Å². The Balaban J connectivity index is 1.24. The lowest BCUT2D eigenvalue weighted by molar-refractivity contribution is 0.120. The number of thioether (sulfide) groups is 1. The monoisotopic (exact) mass is 391 g/mol. The number of anilines is 1. The molecule has 0 radical (unpaired) electrons. The molecule has 1 aromatic carbocycles. The molecule has 1 unspecified atom stereocenters. The number of nitrogens with one attached hydrogen (secondary N) is 2. The first-order valence-electron chi connectivity index (χ1n) is 8.79. The molecule has 1 fully saturated rings. The number of aryl methyl sites for hydroxylation is 1. The molecule has 1 aliphatic heterocycles. The molecule has 3 aromatic rings. The third kappa shape index (κ3) is 4.11. The molecule has 9 heteroatoms. The van der Waals surface area contributed by atoms with Crippen molar-refractivity contribution >= 4 is 39.3 Å². The molecule has 0 aliphatic carbocycles. The normalized spacial score (nSPS) is 17.2. The smallest absolute Gasteiger partial charge is 0.326 e. The van der Waals surface area contributed by atoms with Crippen LogP contribution in [0.1, 0.15) is 19.3 Å². The van der Waals surface area contributed by atoms with E-state index in [0.29, 0.717) is 12.6 Å². The van der Waals surface area contributed by atoms with Crippen molar-refractivity contribution < 1.29 is 4.74 Å². The second-order valence-electron chi connectivity index (χ2n) is 6.19. The predicted octanol–water partition coefficient (Wildman–Crippen LogP) is 2.95. The van der Waals surface area contributed by atoms with Gasteiger partial charge >= 0.3 is 5.69 Å². The predicted molar refractivity (Wildman–Crippen MR) is 105 cm³/mol. The Kier molecular flexibility index (Phi) is 5.57. The molecule has 0 saturated carbocycles. The first kappa shape index (κ1) is 17.6. The molecule has 0 spiro atoms. The van der Waals surface area contributed by atoms with Crippen LogP contribution in [0.3, 0.4) is 0 Å². The zero-order valence-electron chi connectivity index (χ0n) is 14.3. The molecule has 1 saturated heterocycles. The molecule has 3 heterocycles. The van der Waals surface area contributed by atoms with Gasteiger partial charge in [0.05, 0.1) is 17.1 Å². The second-order valence-corrected chi connectivity index (χ2v) is 8.51. The van der Waals surface area contributed by atoms with Gasteiger partial charge in [0.25, 0.3) is 0 Å². The number of aromatic amines is 1. The average molecular weight is 392 g/mol. The summed E-state index contributed by atoms with van der Waals surface area (Å²) in [5.74, 6) is 0.895. The van der Waals surface area contributed by atoms with E-state index in [2.05, 4.69) is 20.5 Å². The summed E-state index contributed by atoms with van der Waals surface area (Å²) < 4.78 is 8.34. The van der Waals surface area contributed by atoms with Crippen LogP contribution in [0.5, 0.6) is 0 Å². The van der Waals surface area contributed by atoms with Gasteiger partial charge < -0.3 is 15.0 Å².